The summed E-state index contributed by atoms with van der Waals surface area (Å²) in [5.41, 5.74) is 3.17. The molecule has 0 unspecified atom stereocenters. The Morgan fingerprint density at radius 2 is 1.82 bits per heavy atom. The number of furan rings is 1. The number of anilines is 2. The zero-order valence-electron chi connectivity index (χ0n) is 21.8. The molecule has 0 fully saturated rings. The lowest BCUT2D eigenvalue weighted by Crippen LogP contribution is -1.98. The quantitative estimate of drug-likeness (QED) is 0.0844. The highest BCUT2D eigenvalue weighted by atomic mass is 35.5. The Kier molecular flexibility index (Phi) is 9.23. The highest BCUT2D eigenvalue weighted by molar-refractivity contribution is 6.32. The number of hydrogen-bond donors (Lipinski definition) is 2. The van der Waals surface area contributed by atoms with E-state index in [1.54, 1.807) is 24.3 Å². The fourth-order valence-corrected chi connectivity index (χ4v) is 4.65. The average molecular weight is 562 g/mol. The van der Waals surface area contributed by atoms with Gasteiger partial charge in [-0.1, -0.05) is 36.6 Å². The Morgan fingerprint density at radius 1 is 0.925 bits per heavy atom. The number of rotatable bonds is 13. The minimum absolute atomic E-state index is 0.206. The van der Waals surface area contributed by atoms with E-state index in [1.807, 2.05) is 36.4 Å². The summed E-state index contributed by atoms with van der Waals surface area (Å²) in [6.45, 7) is 0.580. The molecule has 0 bridgehead atoms. The van der Waals surface area contributed by atoms with Crippen molar-refractivity contribution in [1.29, 1.82) is 0 Å². The van der Waals surface area contributed by atoms with E-state index in [0.717, 1.165) is 71.3 Å². The first-order valence-corrected chi connectivity index (χ1v) is 13.5. The number of benzene rings is 3. The molecule has 9 heteroatoms. The van der Waals surface area contributed by atoms with Gasteiger partial charge in [0.1, 0.15) is 41.8 Å². The molecule has 7 nitrogen and oxygen atoms in total. The smallest absolute Gasteiger partial charge is 0.141 e. The van der Waals surface area contributed by atoms with Crippen LogP contribution in [0.2, 0.25) is 5.02 Å². The number of fused-ring (bicyclic) bond motifs is 1. The minimum Gasteiger partial charge on any atom is -0.487 e. The van der Waals surface area contributed by atoms with Gasteiger partial charge in [0.15, 0.2) is 0 Å². The zero-order chi connectivity index (χ0) is 27.7. The van der Waals surface area contributed by atoms with Crippen LogP contribution in [-0.4, -0.2) is 21.8 Å². The van der Waals surface area contributed by atoms with Crippen LogP contribution < -0.4 is 10.1 Å². The first-order chi connectivity index (χ1) is 19.6. The van der Waals surface area contributed by atoms with E-state index < -0.39 is 0 Å². The van der Waals surface area contributed by atoms with Crippen LogP contribution in [0, 0.1) is 5.82 Å². The van der Waals surface area contributed by atoms with Crippen molar-refractivity contribution >= 4 is 34.0 Å². The standard InChI is InChI=1S/C31H29ClFN3O4/c32-27-18-24(10-13-30(27)38-19-21-6-5-7-23(33)16-21)36-31-26-17-22(9-12-28(26)34-20-35-31)29-14-11-25(40-29)8-3-1-2-4-15-39-37/h5-7,9-14,16-18,20,37H,1-4,8,15,19H2,(H,34,35,36). The van der Waals surface area contributed by atoms with E-state index in [-0.39, 0.29) is 12.4 Å². The van der Waals surface area contributed by atoms with Crippen molar-refractivity contribution in [2.45, 2.75) is 38.7 Å². The maximum absolute atomic E-state index is 13.4. The van der Waals surface area contributed by atoms with E-state index in [9.17, 15) is 4.39 Å². The largest absolute Gasteiger partial charge is 0.487 e. The van der Waals surface area contributed by atoms with Crippen molar-refractivity contribution in [3.05, 3.63) is 101 Å². The predicted octanol–water partition coefficient (Wildman–Crippen LogP) is 8.60. The van der Waals surface area contributed by atoms with Crippen LogP contribution in [-0.2, 0) is 17.9 Å². The summed E-state index contributed by atoms with van der Waals surface area (Å²) in [6, 6.07) is 21.6. The van der Waals surface area contributed by atoms with Crippen molar-refractivity contribution in [1.82, 2.24) is 9.97 Å². The van der Waals surface area contributed by atoms with Gasteiger partial charge in [0, 0.05) is 23.1 Å². The average Bonchev–Trinajstić information content (AvgIpc) is 3.43. The molecule has 0 saturated heterocycles. The molecule has 3 aromatic carbocycles. The third-order valence-electron chi connectivity index (χ3n) is 6.47. The van der Waals surface area contributed by atoms with Gasteiger partial charge in [-0.25, -0.2) is 19.2 Å². The lowest BCUT2D eigenvalue weighted by molar-refractivity contribution is -0.242. The molecule has 0 radical (unpaired) electrons. The van der Waals surface area contributed by atoms with E-state index in [2.05, 4.69) is 20.2 Å². The van der Waals surface area contributed by atoms with Gasteiger partial charge in [0.25, 0.3) is 0 Å². The summed E-state index contributed by atoms with van der Waals surface area (Å²) in [7, 11) is 0. The lowest BCUT2D eigenvalue weighted by Gasteiger charge is -2.12. The van der Waals surface area contributed by atoms with Crippen LogP contribution >= 0.6 is 11.6 Å². The third kappa shape index (κ3) is 7.15. The van der Waals surface area contributed by atoms with Crippen LogP contribution in [0.25, 0.3) is 22.2 Å². The number of aryl methyl sites for hydroxylation is 1. The molecule has 206 valence electrons. The maximum Gasteiger partial charge on any atom is 0.141 e. The number of nitrogens with one attached hydrogen (secondary N) is 1. The molecule has 0 aliphatic heterocycles. The second kappa shape index (κ2) is 13.4. The molecular formula is C31H29ClFN3O4. The molecule has 2 N–H and O–H groups in total. The fraction of sp³-hybridized carbons (Fsp3) is 0.226. The molecule has 0 amide bonds. The summed E-state index contributed by atoms with van der Waals surface area (Å²) in [5, 5.41) is 13.0. The predicted molar refractivity (Wildman–Crippen MR) is 153 cm³/mol. The summed E-state index contributed by atoms with van der Waals surface area (Å²) in [6.07, 6.45) is 6.27. The third-order valence-corrected chi connectivity index (χ3v) is 6.76. The highest BCUT2D eigenvalue weighted by Gasteiger charge is 2.11. The fourth-order valence-electron chi connectivity index (χ4n) is 4.42. The Labute approximate surface area is 236 Å². The molecule has 0 saturated carbocycles. The molecule has 0 aliphatic rings. The SMILES string of the molecule is OOCCCCCCc1ccc(-c2ccc3ncnc(Nc4ccc(OCc5cccc(F)c5)c(Cl)c4)c3c2)o1. The van der Waals surface area contributed by atoms with Crippen LogP contribution in [0.3, 0.4) is 0 Å². The molecule has 2 heterocycles. The maximum atomic E-state index is 13.4. The van der Waals surface area contributed by atoms with Crippen molar-refractivity contribution in [2.75, 3.05) is 11.9 Å². The Morgan fingerprint density at radius 3 is 2.67 bits per heavy atom. The Hall–Kier alpha value is -3.98. The van der Waals surface area contributed by atoms with Gasteiger partial charge in [-0.05, 0) is 79.1 Å². The topological polar surface area (TPSA) is 89.6 Å². The van der Waals surface area contributed by atoms with Crippen LogP contribution in [0.15, 0.2) is 83.5 Å². The van der Waals surface area contributed by atoms with Crippen molar-refractivity contribution < 1.29 is 23.7 Å². The molecule has 5 rings (SSSR count). The molecular weight excluding hydrogens is 533 g/mol. The van der Waals surface area contributed by atoms with E-state index in [1.165, 1.54) is 18.5 Å². The zero-order valence-corrected chi connectivity index (χ0v) is 22.5. The van der Waals surface area contributed by atoms with Crippen molar-refractivity contribution in [3.63, 3.8) is 0 Å². The number of hydrogen-bond acceptors (Lipinski definition) is 7. The second-order valence-corrected chi connectivity index (χ2v) is 9.81. The summed E-state index contributed by atoms with van der Waals surface area (Å²) in [5.74, 6) is 2.54. The van der Waals surface area contributed by atoms with Crippen molar-refractivity contribution in [2.24, 2.45) is 0 Å². The van der Waals surface area contributed by atoms with Gasteiger partial charge < -0.3 is 14.5 Å². The monoisotopic (exact) mass is 561 g/mol. The summed E-state index contributed by atoms with van der Waals surface area (Å²) >= 11 is 6.49. The van der Waals surface area contributed by atoms with E-state index in [0.29, 0.717) is 23.2 Å². The van der Waals surface area contributed by atoms with Gasteiger partial charge in [0.05, 0.1) is 17.1 Å². The molecule has 0 spiro atoms. The van der Waals surface area contributed by atoms with Gasteiger partial charge in [-0.3, -0.25) is 5.26 Å². The number of ether oxygens (including phenoxy) is 1. The molecule has 0 aliphatic carbocycles. The number of nitrogens with zero attached hydrogens (tertiary/aromatic N) is 2. The molecule has 0 atom stereocenters. The van der Waals surface area contributed by atoms with Gasteiger partial charge in [-0.2, -0.15) is 0 Å². The van der Waals surface area contributed by atoms with Crippen molar-refractivity contribution in [3.8, 4) is 17.1 Å². The van der Waals surface area contributed by atoms with Gasteiger partial charge in [-0.15, -0.1) is 0 Å². The van der Waals surface area contributed by atoms with Gasteiger partial charge >= 0.3 is 0 Å². The first-order valence-electron chi connectivity index (χ1n) is 13.1. The molecule has 2 aromatic heterocycles. The highest BCUT2D eigenvalue weighted by Crippen LogP contribution is 2.33. The van der Waals surface area contributed by atoms with Crippen LogP contribution in [0.1, 0.15) is 37.0 Å². The normalized spacial score (nSPS) is 11.2. The van der Waals surface area contributed by atoms with Gasteiger partial charge in [0.2, 0.25) is 0 Å². The lowest BCUT2D eigenvalue weighted by atomic mass is 10.1. The Balaban J connectivity index is 1.27. The first kappa shape index (κ1) is 27.6. The number of halogens is 2. The number of unbranched alkanes of at least 4 members (excludes halogenated alkanes) is 3. The minimum atomic E-state index is -0.308. The summed E-state index contributed by atoms with van der Waals surface area (Å²) in [4.78, 5) is 13.0. The number of aromatic nitrogens is 2. The van der Waals surface area contributed by atoms with E-state index >= 15 is 0 Å². The molecule has 5 aromatic rings. The van der Waals surface area contributed by atoms with Crippen LogP contribution in [0.4, 0.5) is 15.9 Å². The second-order valence-electron chi connectivity index (χ2n) is 9.41. The molecule has 40 heavy (non-hydrogen) atoms. The Bertz CT molecular complexity index is 1580. The van der Waals surface area contributed by atoms with E-state index in [4.69, 9.17) is 26.0 Å². The van der Waals surface area contributed by atoms with Crippen LogP contribution in [0.5, 0.6) is 5.75 Å². The summed E-state index contributed by atoms with van der Waals surface area (Å²) < 4.78 is 25.3.